The summed E-state index contributed by atoms with van der Waals surface area (Å²) in [6.45, 7) is 4.11. The zero-order valence-corrected chi connectivity index (χ0v) is 19.1. The van der Waals surface area contributed by atoms with Gasteiger partial charge in [-0.25, -0.2) is 0 Å². The van der Waals surface area contributed by atoms with Gasteiger partial charge < -0.3 is 19.2 Å². The van der Waals surface area contributed by atoms with Crippen molar-refractivity contribution in [2.75, 3.05) is 13.7 Å². The quantitative estimate of drug-likeness (QED) is 0.363. The van der Waals surface area contributed by atoms with Gasteiger partial charge in [0.2, 0.25) is 0 Å². The summed E-state index contributed by atoms with van der Waals surface area (Å²) in [4.78, 5) is 3.04. The van der Waals surface area contributed by atoms with E-state index in [4.69, 9.17) is 14.2 Å². The molecule has 0 amide bonds. The second-order valence-electron chi connectivity index (χ2n) is 8.56. The molecule has 10 heteroatoms. The molecule has 1 aliphatic rings. The number of hydrogen-bond acceptors (Lipinski definition) is 3. The lowest BCUT2D eigenvalue weighted by Crippen LogP contribution is -2.15. The molecule has 1 fully saturated rings. The smallest absolute Gasteiger partial charge is 0.420 e. The largest absolute Gasteiger partial charge is 0.456 e. The number of halogens is 6. The Morgan fingerprint density at radius 2 is 1.69 bits per heavy atom. The maximum absolute atomic E-state index is 14.0. The molecule has 0 bridgehead atoms. The predicted octanol–water partition coefficient (Wildman–Crippen LogP) is 7.90. The summed E-state index contributed by atoms with van der Waals surface area (Å²) in [6.07, 6.45) is -7.71. The number of nitrogens with one attached hydrogen (secondary N) is 1. The average molecular weight is 499 g/mol. The van der Waals surface area contributed by atoms with Crippen molar-refractivity contribution in [3.05, 3.63) is 64.4 Å². The number of aromatic amines is 1. The first-order chi connectivity index (χ1) is 16.4. The van der Waals surface area contributed by atoms with Gasteiger partial charge in [-0.05, 0) is 59.4 Å². The van der Waals surface area contributed by atoms with Gasteiger partial charge in [-0.3, -0.25) is 0 Å². The van der Waals surface area contributed by atoms with Crippen LogP contribution in [0.25, 0.3) is 17.0 Å². The summed E-state index contributed by atoms with van der Waals surface area (Å²) in [5, 5.41) is 0.660. The third-order valence-electron chi connectivity index (χ3n) is 5.78. The Balaban J connectivity index is 1.86. The first kappa shape index (κ1) is 25.1. The minimum Gasteiger partial charge on any atom is -0.456 e. The number of aromatic nitrogens is 1. The molecular formula is C25H23F6NO3. The highest BCUT2D eigenvalue weighted by atomic mass is 19.4. The number of fused-ring (bicyclic) bond motifs is 1. The van der Waals surface area contributed by atoms with Crippen LogP contribution in [0, 0.1) is 0 Å². The van der Waals surface area contributed by atoms with Crippen LogP contribution in [0.4, 0.5) is 26.3 Å². The zero-order valence-electron chi connectivity index (χ0n) is 19.1. The molecule has 2 heterocycles. The zero-order chi connectivity index (χ0) is 25.5. The van der Waals surface area contributed by atoms with Crippen LogP contribution >= 0.6 is 0 Å². The molecule has 0 aliphatic carbocycles. The first-order valence-electron chi connectivity index (χ1n) is 10.8. The van der Waals surface area contributed by atoms with Crippen LogP contribution in [0.15, 0.2) is 42.1 Å². The molecule has 0 radical (unpaired) electrons. The summed E-state index contributed by atoms with van der Waals surface area (Å²) >= 11 is 0. The Hall–Kier alpha value is -2.98. The van der Waals surface area contributed by atoms with Crippen LogP contribution < -0.4 is 4.74 Å². The van der Waals surface area contributed by atoms with Gasteiger partial charge in [0, 0.05) is 24.2 Å². The summed E-state index contributed by atoms with van der Waals surface area (Å²) in [6, 6.07) is 5.63. The van der Waals surface area contributed by atoms with Gasteiger partial charge in [0.25, 0.3) is 0 Å². The van der Waals surface area contributed by atoms with E-state index in [2.05, 4.69) is 4.98 Å². The molecule has 1 atom stereocenters. The molecule has 1 N–H and O–H groups in total. The van der Waals surface area contributed by atoms with Crippen molar-refractivity contribution < 1.29 is 40.6 Å². The lowest BCUT2D eigenvalue weighted by molar-refractivity contribution is -0.145. The number of benzene rings is 2. The fourth-order valence-corrected chi connectivity index (χ4v) is 4.13. The summed E-state index contributed by atoms with van der Waals surface area (Å²) in [7, 11) is 1.34. The fourth-order valence-electron chi connectivity index (χ4n) is 4.13. The molecule has 1 saturated heterocycles. The maximum atomic E-state index is 14.0. The molecule has 1 unspecified atom stereocenters. The van der Waals surface area contributed by atoms with E-state index in [1.165, 1.54) is 25.3 Å². The van der Waals surface area contributed by atoms with Crippen molar-refractivity contribution >= 4 is 17.0 Å². The van der Waals surface area contributed by atoms with Crippen LogP contribution in [0.1, 0.15) is 48.4 Å². The van der Waals surface area contributed by atoms with E-state index in [-0.39, 0.29) is 23.8 Å². The molecule has 35 heavy (non-hydrogen) atoms. The maximum Gasteiger partial charge on any atom is 0.420 e. The minimum atomic E-state index is -5.10. The van der Waals surface area contributed by atoms with Crippen LogP contribution in [-0.4, -0.2) is 25.0 Å². The van der Waals surface area contributed by atoms with E-state index in [1.807, 2.05) is 13.8 Å². The van der Waals surface area contributed by atoms with Gasteiger partial charge in [-0.1, -0.05) is 19.9 Å². The molecule has 0 spiro atoms. The predicted molar refractivity (Wildman–Crippen MR) is 118 cm³/mol. The van der Waals surface area contributed by atoms with Crippen molar-refractivity contribution in [2.24, 2.45) is 0 Å². The average Bonchev–Trinajstić information content (AvgIpc) is 3.39. The van der Waals surface area contributed by atoms with Crippen molar-refractivity contribution in [3.8, 4) is 11.5 Å². The monoisotopic (exact) mass is 499 g/mol. The van der Waals surface area contributed by atoms with Gasteiger partial charge in [0.05, 0.1) is 17.7 Å². The number of ether oxygens (including phenoxy) is 3. The molecular weight excluding hydrogens is 476 g/mol. The van der Waals surface area contributed by atoms with Crippen molar-refractivity contribution in [1.82, 2.24) is 4.98 Å². The number of rotatable bonds is 5. The van der Waals surface area contributed by atoms with E-state index in [0.29, 0.717) is 35.0 Å². The SMILES string of the molecule is COC1OCC/C1=C\c1cc(C(F)(F)F)c(Oc2ccc3[nH]cc(C(C)C)c3c2)c(C(F)(F)F)c1. The molecule has 0 saturated carbocycles. The van der Waals surface area contributed by atoms with Gasteiger partial charge >= 0.3 is 12.4 Å². The van der Waals surface area contributed by atoms with Gasteiger partial charge in [-0.2, -0.15) is 26.3 Å². The summed E-state index contributed by atoms with van der Waals surface area (Å²) in [5.74, 6) is -1.35. The van der Waals surface area contributed by atoms with Crippen molar-refractivity contribution in [3.63, 3.8) is 0 Å². The number of methoxy groups -OCH3 is 1. The standard InChI is InChI=1S/C25H23F6NO3/c1-13(2)18-12-32-21-5-4-16(11-17(18)21)35-22-19(24(26,27)28)9-14(10-20(22)25(29,30)31)8-15-6-7-34-23(15)33-3/h4-5,8-13,23,32H,6-7H2,1-3H3/b15-8+. The minimum absolute atomic E-state index is 0.0817. The molecule has 4 nitrogen and oxygen atoms in total. The number of H-pyrrole nitrogens is 1. The second-order valence-corrected chi connectivity index (χ2v) is 8.56. The van der Waals surface area contributed by atoms with Gasteiger partial charge in [0.1, 0.15) is 5.75 Å². The third-order valence-corrected chi connectivity index (χ3v) is 5.78. The van der Waals surface area contributed by atoms with E-state index < -0.39 is 35.5 Å². The first-order valence-corrected chi connectivity index (χ1v) is 10.8. The molecule has 1 aromatic heterocycles. The Labute approximate surface area is 197 Å². The summed E-state index contributed by atoms with van der Waals surface area (Å²) < 4.78 is 99.8. The number of alkyl halides is 6. The Morgan fingerprint density at radius 1 is 1.03 bits per heavy atom. The summed E-state index contributed by atoms with van der Waals surface area (Å²) in [5.41, 5.74) is -1.31. The Bertz CT molecular complexity index is 1220. The lowest BCUT2D eigenvalue weighted by Gasteiger charge is -2.20. The van der Waals surface area contributed by atoms with E-state index in [1.54, 1.807) is 12.3 Å². The topological polar surface area (TPSA) is 43.5 Å². The second kappa shape index (κ2) is 9.23. The lowest BCUT2D eigenvalue weighted by atomic mass is 10.00. The van der Waals surface area contributed by atoms with E-state index in [9.17, 15) is 26.3 Å². The molecule has 188 valence electrons. The fraction of sp³-hybridized carbons (Fsp3) is 0.360. The van der Waals surface area contributed by atoms with E-state index >= 15 is 0 Å². The highest BCUT2D eigenvalue weighted by Crippen LogP contribution is 2.47. The van der Waals surface area contributed by atoms with Crippen LogP contribution in [0.5, 0.6) is 11.5 Å². The molecule has 1 aliphatic heterocycles. The number of hydrogen-bond donors (Lipinski definition) is 1. The van der Waals surface area contributed by atoms with Crippen LogP contribution in [0.2, 0.25) is 0 Å². The Morgan fingerprint density at radius 3 is 2.26 bits per heavy atom. The molecule has 4 rings (SSSR count). The van der Waals surface area contributed by atoms with Crippen LogP contribution in [0.3, 0.4) is 0 Å². The highest BCUT2D eigenvalue weighted by Gasteiger charge is 2.43. The van der Waals surface area contributed by atoms with Crippen molar-refractivity contribution in [2.45, 2.75) is 44.8 Å². The van der Waals surface area contributed by atoms with Gasteiger partial charge in [0.15, 0.2) is 12.0 Å². The molecule has 2 aromatic carbocycles. The highest BCUT2D eigenvalue weighted by molar-refractivity contribution is 5.85. The van der Waals surface area contributed by atoms with Crippen LogP contribution in [-0.2, 0) is 21.8 Å². The normalized spacial score (nSPS) is 18.2. The van der Waals surface area contributed by atoms with Crippen molar-refractivity contribution in [1.29, 1.82) is 0 Å². The molecule has 3 aromatic rings. The van der Waals surface area contributed by atoms with Gasteiger partial charge in [-0.15, -0.1) is 0 Å². The third kappa shape index (κ3) is 5.18. The van der Waals surface area contributed by atoms with E-state index in [0.717, 1.165) is 5.56 Å². The Kier molecular flexibility index (Phi) is 6.63.